The van der Waals surface area contributed by atoms with Crippen molar-refractivity contribution in [2.75, 3.05) is 26.2 Å². The van der Waals surface area contributed by atoms with Crippen LogP contribution in [-0.4, -0.2) is 48.9 Å². The van der Waals surface area contributed by atoms with Gasteiger partial charge in [-0.15, -0.1) is 24.8 Å². The number of nitrogens with zero attached hydrogens (tertiary/aromatic N) is 2. The zero-order valence-electron chi connectivity index (χ0n) is 13.2. The quantitative estimate of drug-likeness (QED) is 0.820. The van der Waals surface area contributed by atoms with Gasteiger partial charge in [-0.2, -0.15) is 4.31 Å². The fourth-order valence-electron chi connectivity index (χ4n) is 3.69. The summed E-state index contributed by atoms with van der Waals surface area (Å²) < 4.78 is 27.5. The van der Waals surface area contributed by atoms with Crippen molar-refractivity contribution in [2.45, 2.75) is 24.2 Å². The van der Waals surface area contributed by atoms with Crippen LogP contribution in [0.4, 0.5) is 0 Å². The number of aromatic nitrogens is 2. The predicted molar refractivity (Wildman–Crippen MR) is 98.5 cm³/mol. The standard InChI is InChI=1S/C15H20N4O2S.2ClH/c20-22(21,12-1-2-13-14(9-12)18-11-17-13)19-8-5-15(10-19)3-6-16-7-4-15;;/h1-2,9,11,16H,3-8,10H2,(H,17,18);2*1H. The molecule has 1 aromatic carbocycles. The van der Waals surface area contributed by atoms with Gasteiger partial charge in [0.05, 0.1) is 22.3 Å². The Labute approximate surface area is 154 Å². The van der Waals surface area contributed by atoms with Crippen LogP contribution in [0.15, 0.2) is 29.4 Å². The molecular formula is C15H22Cl2N4O2S. The number of hydrogen-bond acceptors (Lipinski definition) is 4. The molecule has 134 valence electrons. The van der Waals surface area contributed by atoms with E-state index in [0.717, 1.165) is 43.4 Å². The number of aromatic amines is 1. The number of nitrogens with one attached hydrogen (secondary N) is 2. The van der Waals surface area contributed by atoms with Gasteiger partial charge in [-0.05, 0) is 56.0 Å². The van der Waals surface area contributed by atoms with Gasteiger partial charge in [0.25, 0.3) is 0 Å². The molecule has 2 saturated heterocycles. The summed E-state index contributed by atoms with van der Waals surface area (Å²) in [5.74, 6) is 0. The molecule has 9 heteroatoms. The van der Waals surface area contributed by atoms with E-state index >= 15 is 0 Å². The van der Waals surface area contributed by atoms with Crippen LogP contribution in [-0.2, 0) is 10.0 Å². The zero-order valence-corrected chi connectivity index (χ0v) is 15.6. The minimum atomic E-state index is -3.42. The van der Waals surface area contributed by atoms with E-state index in [4.69, 9.17) is 0 Å². The fourth-order valence-corrected chi connectivity index (χ4v) is 5.27. The summed E-state index contributed by atoms with van der Waals surface area (Å²) in [6.45, 7) is 3.27. The minimum Gasteiger partial charge on any atom is -0.345 e. The molecule has 2 aliphatic rings. The molecule has 3 heterocycles. The van der Waals surface area contributed by atoms with E-state index in [0.29, 0.717) is 18.0 Å². The Kier molecular flexibility index (Phi) is 5.82. The zero-order chi connectivity index (χ0) is 15.2. The van der Waals surface area contributed by atoms with Crippen molar-refractivity contribution in [3.8, 4) is 0 Å². The lowest BCUT2D eigenvalue weighted by Crippen LogP contribution is -2.39. The van der Waals surface area contributed by atoms with E-state index in [2.05, 4.69) is 15.3 Å². The Bertz CT molecular complexity index is 803. The number of rotatable bonds is 2. The van der Waals surface area contributed by atoms with E-state index in [-0.39, 0.29) is 30.2 Å². The average Bonchev–Trinajstić information content (AvgIpc) is 3.15. The predicted octanol–water partition coefficient (Wildman–Crippen LogP) is 2.17. The molecule has 0 bridgehead atoms. The maximum atomic E-state index is 12.9. The summed E-state index contributed by atoms with van der Waals surface area (Å²) >= 11 is 0. The minimum absolute atomic E-state index is 0. The summed E-state index contributed by atoms with van der Waals surface area (Å²) in [7, 11) is -3.42. The van der Waals surface area contributed by atoms with Gasteiger partial charge >= 0.3 is 0 Å². The van der Waals surface area contributed by atoms with Gasteiger partial charge < -0.3 is 10.3 Å². The number of piperidine rings is 1. The van der Waals surface area contributed by atoms with E-state index in [1.54, 1.807) is 28.8 Å². The Hall–Kier alpha value is -0.860. The third-order valence-electron chi connectivity index (χ3n) is 5.10. The molecule has 2 fully saturated rings. The maximum Gasteiger partial charge on any atom is 0.243 e. The first-order chi connectivity index (χ1) is 10.6. The van der Waals surface area contributed by atoms with Gasteiger partial charge in [-0.1, -0.05) is 0 Å². The van der Waals surface area contributed by atoms with Gasteiger partial charge in [0, 0.05) is 13.1 Å². The molecule has 4 rings (SSSR count). The molecule has 1 aromatic heterocycles. The molecule has 2 N–H and O–H groups in total. The molecule has 0 atom stereocenters. The number of sulfonamides is 1. The number of benzene rings is 1. The van der Waals surface area contributed by atoms with Crippen LogP contribution in [0.5, 0.6) is 0 Å². The third-order valence-corrected chi connectivity index (χ3v) is 6.94. The summed E-state index contributed by atoms with van der Waals surface area (Å²) in [6, 6.07) is 5.10. The van der Waals surface area contributed by atoms with Crippen molar-refractivity contribution >= 4 is 45.9 Å². The van der Waals surface area contributed by atoms with Gasteiger partial charge in [0.1, 0.15) is 0 Å². The highest BCUT2D eigenvalue weighted by atomic mass is 35.5. The Balaban J connectivity index is 0.00000104. The average molecular weight is 393 g/mol. The molecule has 6 nitrogen and oxygen atoms in total. The van der Waals surface area contributed by atoms with Gasteiger partial charge in [0.2, 0.25) is 10.0 Å². The lowest BCUT2D eigenvalue weighted by atomic mass is 9.78. The van der Waals surface area contributed by atoms with Crippen molar-refractivity contribution in [1.82, 2.24) is 19.6 Å². The normalized spacial score (nSPS) is 20.7. The number of imidazole rings is 1. The molecule has 0 unspecified atom stereocenters. The summed E-state index contributed by atoms with van der Waals surface area (Å²) in [5, 5.41) is 3.36. The smallest absolute Gasteiger partial charge is 0.243 e. The molecular weight excluding hydrogens is 371 g/mol. The van der Waals surface area contributed by atoms with E-state index in [1.165, 1.54) is 0 Å². The monoisotopic (exact) mass is 392 g/mol. The Morgan fingerprint density at radius 1 is 1.12 bits per heavy atom. The summed E-state index contributed by atoms with van der Waals surface area (Å²) in [4.78, 5) is 7.47. The summed E-state index contributed by atoms with van der Waals surface area (Å²) in [6.07, 6.45) is 4.69. The van der Waals surface area contributed by atoms with E-state index in [9.17, 15) is 8.42 Å². The van der Waals surface area contributed by atoms with Crippen LogP contribution >= 0.6 is 24.8 Å². The van der Waals surface area contributed by atoms with Crippen molar-refractivity contribution in [2.24, 2.45) is 5.41 Å². The second-order valence-electron chi connectivity index (χ2n) is 6.42. The van der Waals surface area contributed by atoms with Crippen molar-refractivity contribution in [3.05, 3.63) is 24.5 Å². The van der Waals surface area contributed by atoms with Gasteiger partial charge in [0.15, 0.2) is 0 Å². The second-order valence-corrected chi connectivity index (χ2v) is 8.36. The number of H-pyrrole nitrogens is 1. The first-order valence-electron chi connectivity index (χ1n) is 7.73. The molecule has 0 radical (unpaired) electrons. The van der Waals surface area contributed by atoms with Gasteiger partial charge in [-0.3, -0.25) is 0 Å². The maximum absolute atomic E-state index is 12.9. The highest BCUT2D eigenvalue weighted by Crippen LogP contribution is 2.40. The van der Waals surface area contributed by atoms with Crippen LogP contribution in [0.2, 0.25) is 0 Å². The van der Waals surface area contributed by atoms with Crippen LogP contribution in [0, 0.1) is 5.41 Å². The lowest BCUT2D eigenvalue weighted by molar-refractivity contribution is 0.218. The SMILES string of the molecule is Cl.Cl.O=S(=O)(c1ccc2nc[nH]c2c1)N1CCC2(CCNCC2)C1. The highest BCUT2D eigenvalue weighted by molar-refractivity contribution is 7.89. The molecule has 0 aliphatic carbocycles. The van der Waals surface area contributed by atoms with Crippen LogP contribution < -0.4 is 5.32 Å². The lowest BCUT2D eigenvalue weighted by Gasteiger charge is -2.33. The van der Waals surface area contributed by atoms with Crippen molar-refractivity contribution < 1.29 is 8.42 Å². The number of hydrogen-bond donors (Lipinski definition) is 2. The summed E-state index contributed by atoms with van der Waals surface area (Å²) in [5.41, 5.74) is 1.73. The highest BCUT2D eigenvalue weighted by Gasteiger charge is 2.43. The van der Waals surface area contributed by atoms with Crippen molar-refractivity contribution in [1.29, 1.82) is 0 Å². The molecule has 0 saturated carbocycles. The molecule has 2 aromatic rings. The topological polar surface area (TPSA) is 78.1 Å². The van der Waals surface area contributed by atoms with Crippen LogP contribution in [0.1, 0.15) is 19.3 Å². The van der Waals surface area contributed by atoms with Crippen LogP contribution in [0.25, 0.3) is 11.0 Å². The second kappa shape index (κ2) is 7.17. The van der Waals surface area contributed by atoms with Crippen molar-refractivity contribution in [3.63, 3.8) is 0 Å². The molecule has 1 spiro atoms. The first kappa shape index (κ1) is 19.5. The number of fused-ring (bicyclic) bond motifs is 1. The number of halogens is 2. The largest absolute Gasteiger partial charge is 0.345 e. The van der Waals surface area contributed by atoms with E-state index < -0.39 is 10.0 Å². The van der Waals surface area contributed by atoms with Gasteiger partial charge in [-0.25, -0.2) is 13.4 Å². The Morgan fingerprint density at radius 2 is 1.88 bits per heavy atom. The molecule has 2 aliphatic heterocycles. The third kappa shape index (κ3) is 3.28. The first-order valence-corrected chi connectivity index (χ1v) is 9.17. The van der Waals surface area contributed by atoms with E-state index in [1.807, 2.05) is 0 Å². The fraction of sp³-hybridized carbons (Fsp3) is 0.533. The molecule has 24 heavy (non-hydrogen) atoms. The van der Waals surface area contributed by atoms with Crippen LogP contribution in [0.3, 0.4) is 0 Å². The molecule has 0 amide bonds. The Morgan fingerprint density at radius 3 is 2.62 bits per heavy atom.